The van der Waals surface area contributed by atoms with Crippen LogP contribution >= 0.6 is 0 Å². The lowest BCUT2D eigenvalue weighted by Crippen LogP contribution is -2.27. The van der Waals surface area contributed by atoms with Crippen molar-refractivity contribution in [2.24, 2.45) is 0 Å². The van der Waals surface area contributed by atoms with Gasteiger partial charge in [-0.2, -0.15) is 4.98 Å². The highest BCUT2D eigenvalue weighted by atomic mass is 15.2. The van der Waals surface area contributed by atoms with Crippen LogP contribution < -0.4 is 10.6 Å². The number of rotatable bonds is 5. The summed E-state index contributed by atoms with van der Waals surface area (Å²) in [5.41, 5.74) is 3.99. The summed E-state index contributed by atoms with van der Waals surface area (Å²) in [4.78, 5) is 13.7. The molecule has 2 N–H and O–H groups in total. The van der Waals surface area contributed by atoms with E-state index in [1.54, 1.807) is 6.20 Å². The third-order valence-corrected chi connectivity index (χ3v) is 3.86. The van der Waals surface area contributed by atoms with Gasteiger partial charge in [-0.1, -0.05) is 30.3 Å². The molecule has 0 saturated carbocycles. The van der Waals surface area contributed by atoms with Crippen LogP contribution in [0.5, 0.6) is 0 Å². The lowest BCUT2D eigenvalue weighted by atomic mass is 10.1. The summed E-state index contributed by atoms with van der Waals surface area (Å²) in [6.45, 7) is 9.09. The predicted molar refractivity (Wildman–Crippen MR) is 107 cm³/mol. The van der Waals surface area contributed by atoms with E-state index in [4.69, 9.17) is 0 Å². The van der Waals surface area contributed by atoms with Gasteiger partial charge in [-0.15, -0.1) is 0 Å². The number of nitrogens with zero attached hydrogens (tertiary/aromatic N) is 3. The van der Waals surface area contributed by atoms with E-state index in [1.165, 1.54) is 11.1 Å². The Morgan fingerprint density at radius 3 is 2.38 bits per heavy atom. The Labute approximate surface area is 154 Å². The van der Waals surface area contributed by atoms with Crippen LogP contribution in [-0.4, -0.2) is 20.5 Å². The van der Waals surface area contributed by atoms with Crippen LogP contribution in [0.25, 0.3) is 11.4 Å². The number of aryl methyl sites for hydroxylation is 1. The van der Waals surface area contributed by atoms with Gasteiger partial charge in [-0.3, -0.25) is 4.98 Å². The summed E-state index contributed by atoms with van der Waals surface area (Å²) >= 11 is 0. The molecule has 0 amide bonds. The van der Waals surface area contributed by atoms with Gasteiger partial charge in [0.15, 0.2) is 0 Å². The Bertz CT molecular complexity index is 869. The third kappa shape index (κ3) is 4.79. The molecular formula is C21H25N5. The number of hydrogen-bond acceptors (Lipinski definition) is 5. The molecule has 5 nitrogen and oxygen atoms in total. The van der Waals surface area contributed by atoms with E-state index in [0.29, 0.717) is 12.5 Å². The largest absolute Gasteiger partial charge is 0.366 e. The molecule has 0 aliphatic carbocycles. The van der Waals surface area contributed by atoms with Gasteiger partial charge >= 0.3 is 0 Å². The van der Waals surface area contributed by atoms with Gasteiger partial charge in [0.1, 0.15) is 5.82 Å². The van der Waals surface area contributed by atoms with Gasteiger partial charge in [-0.25, -0.2) is 4.98 Å². The summed E-state index contributed by atoms with van der Waals surface area (Å²) < 4.78 is 0. The van der Waals surface area contributed by atoms with Crippen LogP contribution in [0.2, 0.25) is 0 Å². The van der Waals surface area contributed by atoms with Crippen molar-refractivity contribution in [3.8, 4) is 11.4 Å². The lowest BCUT2D eigenvalue weighted by Gasteiger charge is -2.21. The highest BCUT2D eigenvalue weighted by Crippen LogP contribution is 2.22. The smallest absolute Gasteiger partial charge is 0.225 e. The molecule has 0 atom stereocenters. The topological polar surface area (TPSA) is 62.7 Å². The van der Waals surface area contributed by atoms with Crippen molar-refractivity contribution < 1.29 is 0 Å². The fourth-order valence-corrected chi connectivity index (χ4v) is 2.57. The molecule has 134 valence electrons. The Morgan fingerprint density at radius 2 is 1.69 bits per heavy atom. The normalized spacial score (nSPS) is 11.2. The molecule has 0 aliphatic heterocycles. The quantitative estimate of drug-likeness (QED) is 0.702. The lowest BCUT2D eigenvalue weighted by molar-refractivity contribution is 0.626. The first-order chi connectivity index (χ1) is 12.4. The average Bonchev–Trinajstić information content (AvgIpc) is 2.60. The molecule has 5 heteroatoms. The predicted octanol–water partition coefficient (Wildman–Crippen LogP) is 4.67. The molecule has 1 aromatic carbocycles. The molecule has 0 spiro atoms. The van der Waals surface area contributed by atoms with E-state index in [1.807, 2.05) is 30.3 Å². The minimum atomic E-state index is -0.129. The summed E-state index contributed by atoms with van der Waals surface area (Å²) in [5, 5.41) is 6.77. The number of hydrogen-bond donors (Lipinski definition) is 2. The van der Waals surface area contributed by atoms with E-state index in [-0.39, 0.29) is 5.54 Å². The highest BCUT2D eigenvalue weighted by molar-refractivity contribution is 5.61. The van der Waals surface area contributed by atoms with Crippen molar-refractivity contribution in [3.63, 3.8) is 0 Å². The Morgan fingerprint density at radius 1 is 0.923 bits per heavy atom. The Balaban J connectivity index is 1.90. The van der Waals surface area contributed by atoms with Crippen LogP contribution in [0.15, 0.2) is 54.7 Å². The second kappa shape index (κ2) is 7.52. The first kappa shape index (κ1) is 17.9. The molecular weight excluding hydrogens is 322 g/mol. The van der Waals surface area contributed by atoms with Crippen molar-refractivity contribution >= 4 is 11.8 Å². The zero-order valence-corrected chi connectivity index (χ0v) is 15.7. The molecule has 3 rings (SSSR count). The van der Waals surface area contributed by atoms with E-state index >= 15 is 0 Å². The maximum Gasteiger partial charge on any atom is 0.225 e. The van der Waals surface area contributed by atoms with Crippen molar-refractivity contribution in [1.82, 2.24) is 15.0 Å². The van der Waals surface area contributed by atoms with Gasteiger partial charge in [0.05, 0.1) is 11.4 Å². The van der Waals surface area contributed by atoms with Crippen molar-refractivity contribution in [3.05, 3.63) is 65.9 Å². The van der Waals surface area contributed by atoms with Gasteiger partial charge < -0.3 is 10.6 Å². The molecule has 0 bridgehead atoms. The van der Waals surface area contributed by atoms with Gasteiger partial charge in [-0.05, 0) is 51.0 Å². The zero-order chi connectivity index (χ0) is 18.6. The Kier molecular flexibility index (Phi) is 5.16. The molecule has 0 unspecified atom stereocenters. The SMILES string of the molecule is Cc1ccccc1CNc1cc(-c2ccccn2)nc(NC(C)(C)C)n1. The van der Waals surface area contributed by atoms with Crippen molar-refractivity contribution in [1.29, 1.82) is 0 Å². The molecule has 26 heavy (non-hydrogen) atoms. The van der Waals surface area contributed by atoms with E-state index < -0.39 is 0 Å². The molecule has 0 radical (unpaired) electrons. The number of anilines is 2. The molecule has 2 aromatic heterocycles. The first-order valence-corrected chi connectivity index (χ1v) is 8.78. The van der Waals surface area contributed by atoms with Crippen LogP contribution in [0.1, 0.15) is 31.9 Å². The zero-order valence-electron chi connectivity index (χ0n) is 15.7. The summed E-state index contributed by atoms with van der Waals surface area (Å²) in [6.07, 6.45) is 1.77. The van der Waals surface area contributed by atoms with Gasteiger partial charge in [0, 0.05) is 24.3 Å². The number of aromatic nitrogens is 3. The van der Waals surface area contributed by atoms with Crippen LogP contribution in [0, 0.1) is 6.92 Å². The molecule has 2 heterocycles. The van der Waals surface area contributed by atoms with Gasteiger partial charge in [0.25, 0.3) is 0 Å². The second-order valence-corrected chi connectivity index (χ2v) is 7.33. The maximum atomic E-state index is 4.64. The first-order valence-electron chi connectivity index (χ1n) is 8.78. The molecule has 0 aliphatic rings. The number of benzene rings is 1. The van der Waals surface area contributed by atoms with Crippen LogP contribution in [0.4, 0.5) is 11.8 Å². The fourth-order valence-electron chi connectivity index (χ4n) is 2.57. The van der Waals surface area contributed by atoms with Crippen molar-refractivity contribution in [2.75, 3.05) is 10.6 Å². The average molecular weight is 347 g/mol. The third-order valence-electron chi connectivity index (χ3n) is 3.86. The monoisotopic (exact) mass is 347 g/mol. The minimum Gasteiger partial charge on any atom is -0.366 e. The summed E-state index contributed by atoms with van der Waals surface area (Å²) in [5.74, 6) is 1.36. The van der Waals surface area contributed by atoms with Gasteiger partial charge in [0.2, 0.25) is 5.95 Å². The second-order valence-electron chi connectivity index (χ2n) is 7.33. The van der Waals surface area contributed by atoms with E-state index in [0.717, 1.165) is 17.2 Å². The van der Waals surface area contributed by atoms with Crippen LogP contribution in [-0.2, 0) is 6.54 Å². The van der Waals surface area contributed by atoms with Crippen LogP contribution in [0.3, 0.4) is 0 Å². The number of nitrogens with one attached hydrogen (secondary N) is 2. The summed E-state index contributed by atoms with van der Waals surface area (Å²) in [6, 6.07) is 16.1. The minimum absolute atomic E-state index is 0.129. The molecule has 0 saturated heterocycles. The Hall–Kier alpha value is -2.95. The van der Waals surface area contributed by atoms with Crippen molar-refractivity contribution in [2.45, 2.75) is 39.8 Å². The summed E-state index contributed by atoms with van der Waals surface area (Å²) in [7, 11) is 0. The standard InChI is InChI=1S/C21H25N5/c1-15-9-5-6-10-16(15)14-23-19-13-18(17-11-7-8-12-22-17)24-20(25-19)26-21(2,3)4/h5-13H,14H2,1-4H3,(H2,23,24,25,26). The molecule has 3 aromatic rings. The highest BCUT2D eigenvalue weighted by Gasteiger charge is 2.14. The van der Waals surface area contributed by atoms with E-state index in [2.05, 4.69) is 71.5 Å². The fraction of sp³-hybridized carbons (Fsp3) is 0.286. The maximum absolute atomic E-state index is 4.64. The van der Waals surface area contributed by atoms with E-state index in [9.17, 15) is 0 Å². The molecule has 0 fully saturated rings. The number of pyridine rings is 1.